The lowest BCUT2D eigenvalue weighted by atomic mass is 10.2. The Morgan fingerprint density at radius 3 is 2.46 bits per heavy atom. The lowest BCUT2D eigenvalue weighted by molar-refractivity contribution is -0.134. The van der Waals surface area contributed by atoms with Crippen molar-refractivity contribution in [3.8, 4) is 0 Å². The second kappa shape index (κ2) is 9.22. The van der Waals surface area contributed by atoms with E-state index < -0.39 is 12.0 Å². The molecule has 2 aromatic carbocycles. The Bertz CT molecular complexity index is 777. The summed E-state index contributed by atoms with van der Waals surface area (Å²) in [6.07, 6.45) is 0. The minimum atomic E-state index is -0.731. The number of ether oxygens (including phenoxy) is 1. The highest BCUT2D eigenvalue weighted by Gasteiger charge is 2.16. The number of anilines is 1. The molecule has 7 nitrogen and oxygen atoms in total. The van der Waals surface area contributed by atoms with Crippen LogP contribution in [-0.2, 0) is 16.1 Å². The number of esters is 1. The van der Waals surface area contributed by atoms with E-state index in [1.807, 2.05) is 37.3 Å². The fourth-order valence-corrected chi connectivity index (χ4v) is 2.35. The van der Waals surface area contributed by atoms with Crippen LogP contribution in [0.2, 0.25) is 0 Å². The Balaban J connectivity index is 1.93. The molecule has 0 heterocycles. The summed E-state index contributed by atoms with van der Waals surface area (Å²) in [5.41, 5.74) is 6.63. The number of benzene rings is 2. The average Bonchev–Trinajstić information content (AvgIpc) is 2.64. The number of urea groups is 1. The normalized spacial score (nSPS) is 10.0. The number of hydrogen-bond acceptors (Lipinski definition) is 4. The number of nitrogens with zero attached hydrogens (tertiary/aromatic N) is 1. The van der Waals surface area contributed by atoms with E-state index in [4.69, 9.17) is 10.5 Å². The summed E-state index contributed by atoms with van der Waals surface area (Å²) in [7, 11) is 0. The van der Waals surface area contributed by atoms with Gasteiger partial charge in [-0.1, -0.05) is 36.4 Å². The van der Waals surface area contributed by atoms with Crippen molar-refractivity contribution in [1.29, 1.82) is 0 Å². The van der Waals surface area contributed by atoms with E-state index >= 15 is 0 Å². The van der Waals surface area contributed by atoms with Gasteiger partial charge in [-0.3, -0.25) is 4.79 Å². The molecule has 0 spiro atoms. The van der Waals surface area contributed by atoms with Gasteiger partial charge in [0.2, 0.25) is 0 Å². The topological polar surface area (TPSA) is 102 Å². The summed E-state index contributed by atoms with van der Waals surface area (Å²) in [5.74, 6) is -0.932. The molecule has 0 aliphatic carbocycles. The van der Waals surface area contributed by atoms with Gasteiger partial charge >= 0.3 is 12.0 Å². The highest BCUT2D eigenvalue weighted by molar-refractivity contribution is 5.94. The van der Waals surface area contributed by atoms with Gasteiger partial charge in [0.15, 0.2) is 6.61 Å². The van der Waals surface area contributed by atoms with Crippen LogP contribution in [0.4, 0.5) is 10.5 Å². The van der Waals surface area contributed by atoms with Crippen molar-refractivity contribution in [2.24, 2.45) is 5.73 Å². The number of likely N-dealkylation sites (N-methyl/N-ethyl adjacent to an activating group) is 1. The molecule has 2 rings (SSSR count). The third-order valence-electron chi connectivity index (χ3n) is 3.64. The van der Waals surface area contributed by atoms with Crippen LogP contribution in [0.1, 0.15) is 22.8 Å². The highest BCUT2D eigenvalue weighted by atomic mass is 16.5. The van der Waals surface area contributed by atoms with Crippen LogP contribution < -0.4 is 11.1 Å². The Morgan fingerprint density at radius 1 is 1.08 bits per heavy atom. The molecular formula is C19H21N3O4. The smallest absolute Gasteiger partial charge is 0.338 e. The average molecular weight is 355 g/mol. The summed E-state index contributed by atoms with van der Waals surface area (Å²) < 4.78 is 5.10. The summed E-state index contributed by atoms with van der Waals surface area (Å²) in [6, 6.07) is 15.0. The molecule has 0 aliphatic rings. The molecule has 3 N–H and O–H groups in total. The summed E-state index contributed by atoms with van der Waals surface area (Å²) >= 11 is 0. The lowest BCUT2D eigenvalue weighted by Crippen LogP contribution is -2.34. The maximum atomic E-state index is 12.3. The lowest BCUT2D eigenvalue weighted by Gasteiger charge is -2.20. The predicted molar refractivity (Wildman–Crippen MR) is 97.5 cm³/mol. The zero-order chi connectivity index (χ0) is 18.9. The Kier molecular flexibility index (Phi) is 6.73. The fourth-order valence-electron chi connectivity index (χ4n) is 2.35. The van der Waals surface area contributed by atoms with Crippen LogP contribution in [0.25, 0.3) is 0 Å². The monoisotopic (exact) mass is 355 g/mol. The van der Waals surface area contributed by atoms with E-state index in [0.717, 1.165) is 5.56 Å². The molecule has 0 bridgehead atoms. The maximum Gasteiger partial charge on any atom is 0.338 e. The van der Waals surface area contributed by atoms with E-state index in [1.54, 1.807) is 17.0 Å². The highest BCUT2D eigenvalue weighted by Crippen LogP contribution is 2.12. The van der Waals surface area contributed by atoms with Crippen molar-refractivity contribution < 1.29 is 19.1 Å². The Hall–Kier alpha value is -3.35. The number of primary amides is 1. The van der Waals surface area contributed by atoms with Crippen LogP contribution in [0.5, 0.6) is 0 Å². The number of nitrogens with one attached hydrogen (secondary N) is 1. The van der Waals surface area contributed by atoms with Gasteiger partial charge in [0.1, 0.15) is 0 Å². The van der Waals surface area contributed by atoms with Crippen molar-refractivity contribution in [1.82, 2.24) is 4.90 Å². The van der Waals surface area contributed by atoms with Gasteiger partial charge in [0.05, 0.1) is 5.56 Å². The van der Waals surface area contributed by atoms with Gasteiger partial charge in [-0.2, -0.15) is 0 Å². The van der Waals surface area contributed by atoms with Crippen LogP contribution in [0.15, 0.2) is 54.6 Å². The van der Waals surface area contributed by atoms with Crippen LogP contribution in [-0.4, -0.2) is 36.0 Å². The zero-order valence-corrected chi connectivity index (χ0v) is 14.5. The molecule has 0 fully saturated rings. The van der Waals surface area contributed by atoms with Crippen LogP contribution in [0.3, 0.4) is 0 Å². The summed E-state index contributed by atoms with van der Waals surface area (Å²) in [5, 5.41) is 2.38. The van der Waals surface area contributed by atoms with E-state index in [-0.39, 0.29) is 18.1 Å². The first-order valence-corrected chi connectivity index (χ1v) is 8.15. The molecule has 0 aromatic heterocycles. The third kappa shape index (κ3) is 5.62. The van der Waals surface area contributed by atoms with Crippen LogP contribution in [0, 0.1) is 0 Å². The number of carbonyl (C=O) groups is 3. The van der Waals surface area contributed by atoms with Crippen molar-refractivity contribution >= 4 is 23.6 Å². The minimum absolute atomic E-state index is 0.218. The van der Waals surface area contributed by atoms with Gasteiger partial charge in [-0.15, -0.1) is 0 Å². The third-order valence-corrected chi connectivity index (χ3v) is 3.64. The number of carbonyl (C=O) groups excluding carboxylic acids is 3. The minimum Gasteiger partial charge on any atom is -0.452 e. The molecule has 0 radical (unpaired) electrons. The van der Waals surface area contributed by atoms with Crippen molar-refractivity contribution in [3.63, 3.8) is 0 Å². The first kappa shape index (κ1) is 19.0. The molecular weight excluding hydrogens is 334 g/mol. The van der Waals surface area contributed by atoms with Crippen molar-refractivity contribution in [2.75, 3.05) is 18.5 Å². The summed E-state index contributed by atoms with van der Waals surface area (Å²) in [6.45, 7) is 2.46. The fraction of sp³-hybridized carbons (Fsp3) is 0.211. The second-order valence-electron chi connectivity index (χ2n) is 5.54. The molecule has 26 heavy (non-hydrogen) atoms. The molecule has 0 aliphatic heterocycles. The Labute approximate surface area is 151 Å². The van der Waals surface area contributed by atoms with E-state index in [0.29, 0.717) is 18.8 Å². The molecule has 0 atom stereocenters. The first-order valence-electron chi connectivity index (χ1n) is 8.15. The van der Waals surface area contributed by atoms with Gasteiger partial charge in [0, 0.05) is 18.8 Å². The molecule has 0 saturated carbocycles. The molecule has 0 unspecified atom stereocenters. The number of rotatable bonds is 7. The quantitative estimate of drug-likeness (QED) is 0.745. The molecule has 2 aromatic rings. The molecule has 136 valence electrons. The SMILES string of the molecule is CCN(Cc1ccccc1)C(=O)COC(=O)c1cccc(NC(N)=O)c1. The molecule has 7 heteroatoms. The second-order valence-corrected chi connectivity index (χ2v) is 5.54. The van der Waals surface area contributed by atoms with E-state index in [1.165, 1.54) is 12.1 Å². The largest absolute Gasteiger partial charge is 0.452 e. The zero-order valence-electron chi connectivity index (χ0n) is 14.5. The standard InChI is InChI=1S/C19H21N3O4/c1-2-22(12-14-7-4-3-5-8-14)17(23)13-26-18(24)15-9-6-10-16(11-15)21-19(20)25/h3-11H,2,12-13H2,1H3,(H3,20,21,25). The van der Waals surface area contributed by atoms with Crippen molar-refractivity contribution in [3.05, 3.63) is 65.7 Å². The van der Waals surface area contributed by atoms with Crippen LogP contribution >= 0.6 is 0 Å². The Morgan fingerprint density at radius 2 is 1.81 bits per heavy atom. The first-order chi connectivity index (χ1) is 12.5. The maximum absolute atomic E-state index is 12.3. The number of nitrogens with two attached hydrogens (primary N) is 1. The molecule has 0 saturated heterocycles. The number of amides is 3. The van der Waals surface area contributed by atoms with Gasteiger partial charge in [-0.25, -0.2) is 9.59 Å². The predicted octanol–water partition coefficient (Wildman–Crippen LogP) is 2.38. The molecule has 3 amide bonds. The summed E-state index contributed by atoms with van der Waals surface area (Å²) in [4.78, 5) is 36.9. The van der Waals surface area contributed by atoms with E-state index in [9.17, 15) is 14.4 Å². The van der Waals surface area contributed by atoms with Gasteiger partial charge in [-0.05, 0) is 30.7 Å². The van der Waals surface area contributed by atoms with Gasteiger partial charge < -0.3 is 20.7 Å². The van der Waals surface area contributed by atoms with Crippen molar-refractivity contribution in [2.45, 2.75) is 13.5 Å². The number of hydrogen-bond donors (Lipinski definition) is 2. The van der Waals surface area contributed by atoms with Gasteiger partial charge in [0.25, 0.3) is 5.91 Å². The van der Waals surface area contributed by atoms with E-state index in [2.05, 4.69) is 5.32 Å².